The molecule has 2 unspecified atom stereocenters. The molecule has 1 aliphatic rings. The number of nitrogens with one attached hydrogen (secondary N) is 1. The molecule has 1 aliphatic carbocycles. The van der Waals surface area contributed by atoms with Gasteiger partial charge in [0.15, 0.2) is 0 Å². The van der Waals surface area contributed by atoms with Crippen molar-refractivity contribution < 1.29 is 14.2 Å². The maximum absolute atomic E-state index is 5.41. The number of rotatable bonds is 5. The number of hydrogen-bond donors (Lipinski definition) is 1. The molecule has 0 aliphatic heterocycles. The Morgan fingerprint density at radius 3 is 2.22 bits per heavy atom. The van der Waals surface area contributed by atoms with Crippen molar-refractivity contribution in [3.05, 3.63) is 0 Å². The van der Waals surface area contributed by atoms with Crippen molar-refractivity contribution in [2.75, 3.05) is 26.6 Å². The third-order valence-corrected chi connectivity index (χ3v) is 3.03. The van der Waals surface area contributed by atoms with Gasteiger partial charge in [0.05, 0.1) is 26.4 Å². The Balaban J connectivity index is 2.12. The average molecular weight is 254 g/mol. The molecule has 2 rings (SSSR count). The van der Waals surface area contributed by atoms with Gasteiger partial charge in [0.2, 0.25) is 5.95 Å². The quantitative estimate of drug-likeness (QED) is 0.835. The van der Waals surface area contributed by atoms with E-state index >= 15 is 0 Å². The number of hydrogen-bond acceptors (Lipinski definition) is 7. The highest BCUT2D eigenvalue weighted by Gasteiger charge is 2.27. The van der Waals surface area contributed by atoms with Gasteiger partial charge in [0.1, 0.15) is 0 Å². The minimum Gasteiger partial charge on any atom is -0.467 e. The van der Waals surface area contributed by atoms with Crippen LogP contribution in [0.4, 0.5) is 5.95 Å². The summed E-state index contributed by atoms with van der Waals surface area (Å²) >= 11 is 0. The Kier molecular flexibility index (Phi) is 4.14. The molecule has 0 amide bonds. The number of aromatic nitrogens is 3. The molecule has 18 heavy (non-hydrogen) atoms. The van der Waals surface area contributed by atoms with E-state index in [4.69, 9.17) is 14.2 Å². The van der Waals surface area contributed by atoms with E-state index in [-0.39, 0.29) is 24.2 Å². The lowest BCUT2D eigenvalue weighted by Gasteiger charge is -2.19. The van der Waals surface area contributed by atoms with E-state index in [0.29, 0.717) is 5.95 Å². The lowest BCUT2D eigenvalue weighted by atomic mass is 10.2. The van der Waals surface area contributed by atoms with Crippen LogP contribution < -0.4 is 14.8 Å². The maximum atomic E-state index is 5.41. The molecular formula is C11H18N4O3. The van der Waals surface area contributed by atoms with E-state index in [0.717, 1.165) is 19.3 Å². The number of ether oxygens (including phenoxy) is 3. The fraction of sp³-hybridized carbons (Fsp3) is 0.727. The summed E-state index contributed by atoms with van der Waals surface area (Å²) in [6, 6.07) is 0.680. The first-order valence-electron chi connectivity index (χ1n) is 5.90. The van der Waals surface area contributed by atoms with Crippen LogP contribution in [0.5, 0.6) is 12.0 Å². The van der Waals surface area contributed by atoms with Crippen LogP contribution in [0.2, 0.25) is 0 Å². The standard InChI is InChI=1S/C11H18N4O3/c1-16-8-6-4-5-7(8)12-9-13-10(17-2)15-11(14-9)18-3/h7-8H,4-6H2,1-3H3,(H,12,13,14,15). The number of anilines is 1. The van der Waals surface area contributed by atoms with Gasteiger partial charge in [-0.05, 0) is 19.3 Å². The summed E-state index contributed by atoms with van der Waals surface area (Å²) in [5.41, 5.74) is 0. The van der Waals surface area contributed by atoms with Gasteiger partial charge < -0.3 is 19.5 Å². The van der Waals surface area contributed by atoms with Crippen molar-refractivity contribution >= 4 is 5.95 Å². The van der Waals surface area contributed by atoms with Gasteiger partial charge in [-0.2, -0.15) is 9.97 Å². The van der Waals surface area contributed by atoms with Crippen molar-refractivity contribution in [2.45, 2.75) is 31.4 Å². The second-order valence-electron chi connectivity index (χ2n) is 4.09. The zero-order valence-electron chi connectivity index (χ0n) is 10.8. The molecule has 7 heteroatoms. The first-order valence-corrected chi connectivity index (χ1v) is 5.90. The van der Waals surface area contributed by atoms with Crippen LogP contribution in [0, 0.1) is 0 Å². The molecule has 7 nitrogen and oxygen atoms in total. The van der Waals surface area contributed by atoms with Gasteiger partial charge in [-0.3, -0.25) is 0 Å². The lowest BCUT2D eigenvalue weighted by Crippen LogP contribution is -2.30. The normalized spacial score (nSPS) is 22.8. The summed E-state index contributed by atoms with van der Waals surface area (Å²) in [5.74, 6) is 0.452. The van der Waals surface area contributed by atoms with E-state index in [1.807, 2.05) is 0 Å². The molecule has 0 radical (unpaired) electrons. The summed E-state index contributed by atoms with van der Waals surface area (Å²) < 4.78 is 15.4. The third kappa shape index (κ3) is 2.79. The monoisotopic (exact) mass is 254 g/mol. The SMILES string of the molecule is COc1nc(NC2CCCC2OC)nc(OC)n1. The fourth-order valence-electron chi connectivity index (χ4n) is 2.12. The van der Waals surface area contributed by atoms with Crippen LogP contribution in [-0.4, -0.2) is 48.4 Å². The summed E-state index contributed by atoms with van der Waals surface area (Å²) in [7, 11) is 4.73. The van der Waals surface area contributed by atoms with Crippen molar-refractivity contribution in [1.82, 2.24) is 15.0 Å². The van der Waals surface area contributed by atoms with E-state index < -0.39 is 0 Å². The molecule has 0 saturated heterocycles. The van der Waals surface area contributed by atoms with Crippen LogP contribution in [0.15, 0.2) is 0 Å². The molecule has 1 aromatic rings. The summed E-state index contributed by atoms with van der Waals surface area (Å²) in [6.45, 7) is 0. The Morgan fingerprint density at radius 2 is 1.67 bits per heavy atom. The Hall–Kier alpha value is -1.63. The summed E-state index contributed by atoms with van der Waals surface area (Å²) in [4.78, 5) is 12.2. The van der Waals surface area contributed by atoms with Crippen molar-refractivity contribution in [3.8, 4) is 12.0 Å². The van der Waals surface area contributed by atoms with Crippen LogP contribution in [0.3, 0.4) is 0 Å². The summed E-state index contributed by atoms with van der Waals surface area (Å²) in [5, 5.41) is 3.24. The van der Waals surface area contributed by atoms with Crippen LogP contribution in [0.1, 0.15) is 19.3 Å². The average Bonchev–Trinajstić information content (AvgIpc) is 2.85. The fourth-order valence-corrected chi connectivity index (χ4v) is 2.12. The van der Waals surface area contributed by atoms with Crippen molar-refractivity contribution in [1.29, 1.82) is 0 Å². The topological polar surface area (TPSA) is 78.4 Å². The second kappa shape index (κ2) is 5.81. The molecule has 0 bridgehead atoms. The minimum absolute atomic E-state index is 0.193. The predicted molar refractivity (Wildman–Crippen MR) is 65.0 cm³/mol. The molecule has 0 spiro atoms. The lowest BCUT2D eigenvalue weighted by molar-refractivity contribution is 0.101. The van der Waals surface area contributed by atoms with Gasteiger partial charge in [-0.1, -0.05) is 0 Å². The molecule has 100 valence electrons. The number of methoxy groups -OCH3 is 3. The van der Waals surface area contributed by atoms with Crippen LogP contribution >= 0.6 is 0 Å². The van der Waals surface area contributed by atoms with Gasteiger partial charge in [0.25, 0.3) is 0 Å². The van der Waals surface area contributed by atoms with E-state index in [1.165, 1.54) is 14.2 Å². The van der Waals surface area contributed by atoms with Crippen LogP contribution in [0.25, 0.3) is 0 Å². The molecule has 1 saturated carbocycles. The van der Waals surface area contributed by atoms with Gasteiger partial charge in [-0.25, -0.2) is 0 Å². The van der Waals surface area contributed by atoms with Gasteiger partial charge >= 0.3 is 12.0 Å². The molecule has 1 N–H and O–H groups in total. The smallest absolute Gasteiger partial charge is 0.324 e. The van der Waals surface area contributed by atoms with Crippen molar-refractivity contribution in [2.24, 2.45) is 0 Å². The predicted octanol–water partition coefficient (Wildman–Crippen LogP) is 0.868. The Morgan fingerprint density at radius 1 is 1.00 bits per heavy atom. The molecule has 1 heterocycles. The first-order chi connectivity index (χ1) is 8.76. The summed E-state index contributed by atoms with van der Waals surface area (Å²) in [6.07, 6.45) is 3.41. The highest BCUT2D eigenvalue weighted by molar-refractivity contribution is 5.30. The zero-order chi connectivity index (χ0) is 13.0. The zero-order valence-corrected chi connectivity index (χ0v) is 10.8. The largest absolute Gasteiger partial charge is 0.467 e. The second-order valence-corrected chi connectivity index (χ2v) is 4.09. The molecule has 2 atom stereocenters. The van der Waals surface area contributed by atoms with Gasteiger partial charge in [-0.15, -0.1) is 4.98 Å². The maximum Gasteiger partial charge on any atom is 0.324 e. The van der Waals surface area contributed by atoms with Crippen LogP contribution in [-0.2, 0) is 4.74 Å². The third-order valence-electron chi connectivity index (χ3n) is 3.03. The van der Waals surface area contributed by atoms with E-state index in [9.17, 15) is 0 Å². The molecule has 1 aromatic heterocycles. The Bertz CT molecular complexity index is 380. The van der Waals surface area contributed by atoms with E-state index in [1.54, 1.807) is 7.11 Å². The minimum atomic E-state index is 0.193. The van der Waals surface area contributed by atoms with E-state index in [2.05, 4.69) is 20.3 Å². The first kappa shape index (κ1) is 12.8. The van der Waals surface area contributed by atoms with Gasteiger partial charge in [0, 0.05) is 7.11 Å². The molecular weight excluding hydrogens is 236 g/mol. The Labute approximate surface area is 106 Å². The van der Waals surface area contributed by atoms with Crippen molar-refractivity contribution in [3.63, 3.8) is 0 Å². The number of nitrogens with zero attached hydrogens (tertiary/aromatic N) is 3. The molecule has 1 fully saturated rings. The highest BCUT2D eigenvalue weighted by Crippen LogP contribution is 2.24. The highest BCUT2D eigenvalue weighted by atomic mass is 16.5. The molecule has 0 aromatic carbocycles.